The SMILES string of the molecule is CCCCP(CCCC)CCCC.[B]C(C(=O)OC)c1ccc2ccccc2c1. The van der Waals surface area contributed by atoms with Crippen molar-refractivity contribution in [3.8, 4) is 0 Å². The molecule has 158 valence electrons. The van der Waals surface area contributed by atoms with Crippen LogP contribution in [0.15, 0.2) is 42.5 Å². The van der Waals surface area contributed by atoms with Gasteiger partial charge in [-0.3, -0.25) is 4.79 Å². The number of hydrogen-bond donors (Lipinski definition) is 0. The number of esters is 1. The van der Waals surface area contributed by atoms with Crippen LogP contribution in [0.1, 0.15) is 70.7 Å². The highest BCUT2D eigenvalue weighted by atomic mass is 31.1. The molecule has 0 heterocycles. The molecule has 1 atom stereocenters. The molecular weight excluding hydrogens is 374 g/mol. The van der Waals surface area contributed by atoms with E-state index in [9.17, 15) is 4.79 Å². The van der Waals surface area contributed by atoms with E-state index in [2.05, 4.69) is 25.5 Å². The lowest BCUT2D eigenvalue weighted by Gasteiger charge is -2.16. The highest BCUT2D eigenvalue weighted by Crippen LogP contribution is 2.38. The number of carbonyl (C=O) groups excluding carboxylic acids is 1. The van der Waals surface area contributed by atoms with Crippen molar-refractivity contribution in [2.24, 2.45) is 0 Å². The predicted molar refractivity (Wildman–Crippen MR) is 131 cm³/mol. The van der Waals surface area contributed by atoms with Gasteiger partial charge < -0.3 is 4.74 Å². The Bertz CT molecular complexity index is 685. The Morgan fingerprint density at radius 2 is 1.41 bits per heavy atom. The minimum atomic E-state index is -0.713. The number of rotatable bonds is 11. The van der Waals surface area contributed by atoms with Crippen LogP contribution in [0.4, 0.5) is 0 Å². The third-order valence-electron chi connectivity index (χ3n) is 5.07. The Hall–Kier alpha value is -1.34. The fourth-order valence-electron chi connectivity index (χ4n) is 3.14. The molecule has 0 bridgehead atoms. The molecule has 0 saturated carbocycles. The second-order valence-corrected chi connectivity index (χ2v) is 10.2. The largest absolute Gasteiger partial charge is 0.469 e. The molecule has 29 heavy (non-hydrogen) atoms. The maximum atomic E-state index is 11.3. The summed E-state index contributed by atoms with van der Waals surface area (Å²) in [6, 6.07) is 13.7. The zero-order valence-electron chi connectivity index (χ0n) is 18.8. The number of unbranched alkanes of at least 4 members (excludes halogenated alkanes) is 3. The molecule has 0 aliphatic heterocycles. The van der Waals surface area contributed by atoms with Gasteiger partial charge in [-0.25, -0.2) is 0 Å². The number of carbonyl (C=O) groups is 1. The molecule has 2 aromatic carbocycles. The molecule has 1 unspecified atom stereocenters. The van der Waals surface area contributed by atoms with Crippen molar-refractivity contribution in [3.05, 3.63) is 48.0 Å². The van der Waals surface area contributed by atoms with Crippen LogP contribution >= 0.6 is 7.92 Å². The standard InChI is InChI=1S/C13H11BO2.C12H27P/c1-16-13(15)12(14)11-7-6-9-4-2-3-5-10(9)8-11;1-4-7-10-13(11-8-5-2)12-9-6-3/h2-8,12H,1H3;4-12H2,1-3H3. The van der Waals surface area contributed by atoms with Gasteiger partial charge in [0.2, 0.25) is 0 Å². The lowest BCUT2D eigenvalue weighted by atomic mass is 9.80. The Morgan fingerprint density at radius 1 is 0.897 bits per heavy atom. The Kier molecular flexibility index (Phi) is 13.7. The number of fused-ring (bicyclic) bond motifs is 1. The first kappa shape index (κ1) is 25.7. The molecule has 2 rings (SSSR count). The summed E-state index contributed by atoms with van der Waals surface area (Å²) in [5.41, 5.74) is 0.769. The van der Waals surface area contributed by atoms with Crippen LogP contribution in [0.25, 0.3) is 10.8 Å². The molecule has 0 fully saturated rings. The smallest absolute Gasteiger partial charge is 0.304 e. The number of ether oxygens (including phenoxy) is 1. The van der Waals surface area contributed by atoms with Crippen LogP contribution in [0.5, 0.6) is 0 Å². The second-order valence-electron chi connectivity index (χ2n) is 7.51. The molecule has 0 N–H and O–H groups in total. The maximum absolute atomic E-state index is 11.3. The van der Waals surface area contributed by atoms with Crippen LogP contribution in [-0.2, 0) is 9.53 Å². The van der Waals surface area contributed by atoms with Gasteiger partial charge >= 0.3 is 5.97 Å². The summed E-state index contributed by atoms with van der Waals surface area (Å²) in [5.74, 6) is -1.13. The molecule has 0 aromatic heterocycles. The molecule has 0 aliphatic carbocycles. The Labute approximate surface area is 181 Å². The summed E-state index contributed by atoms with van der Waals surface area (Å²) in [6.07, 6.45) is 13.2. The van der Waals surface area contributed by atoms with Crippen LogP contribution in [0.2, 0.25) is 0 Å². The van der Waals surface area contributed by atoms with Gasteiger partial charge in [0.05, 0.1) is 15.0 Å². The van der Waals surface area contributed by atoms with Gasteiger partial charge in [-0.15, -0.1) is 7.92 Å². The third kappa shape index (κ3) is 9.81. The van der Waals surface area contributed by atoms with Crippen molar-refractivity contribution in [2.45, 2.75) is 65.1 Å². The second kappa shape index (κ2) is 15.5. The van der Waals surface area contributed by atoms with E-state index in [0.717, 1.165) is 16.3 Å². The first-order valence-electron chi connectivity index (χ1n) is 11.1. The summed E-state index contributed by atoms with van der Waals surface area (Å²) in [5, 5.41) is 2.20. The minimum absolute atomic E-state index is 0.421. The van der Waals surface area contributed by atoms with Gasteiger partial charge in [-0.05, 0) is 54.1 Å². The summed E-state index contributed by atoms with van der Waals surface area (Å²) in [6.45, 7) is 6.94. The van der Waals surface area contributed by atoms with Crippen molar-refractivity contribution in [3.63, 3.8) is 0 Å². The minimum Gasteiger partial charge on any atom is -0.469 e. The zero-order chi connectivity index (χ0) is 21.5. The van der Waals surface area contributed by atoms with E-state index in [4.69, 9.17) is 7.85 Å². The van der Waals surface area contributed by atoms with E-state index in [1.165, 1.54) is 45.6 Å². The highest BCUT2D eigenvalue weighted by molar-refractivity contribution is 7.57. The molecule has 2 aromatic rings. The van der Waals surface area contributed by atoms with Crippen molar-refractivity contribution < 1.29 is 9.53 Å². The molecule has 2 radical (unpaired) electrons. The van der Waals surface area contributed by atoms with Gasteiger partial charge in [-0.1, -0.05) is 82.5 Å². The zero-order valence-corrected chi connectivity index (χ0v) is 19.7. The van der Waals surface area contributed by atoms with Crippen LogP contribution < -0.4 is 0 Å². The fourth-order valence-corrected chi connectivity index (χ4v) is 6.11. The first-order valence-corrected chi connectivity index (χ1v) is 13.0. The van der Waals surface area contributed by atoms with E-state index in [1.807, 2.05) is 42.5 Å². The van der Waals surface area contributed by atoms with E-state index in [1.54, 1.807) is 18.5 Å². The molecule has 0 aliphatic rings. The molecule has 0 amide bonds. The number of hydrogen-bond acceptors (Lipinski definition) is 2. The lowest BCUT2D eigenvalue weighted by Crippen LogP contribution is -2.13. The van der Waals surface area contributed by atoms with Gasteiger partial charge in [0.15, 0.2) is 0 Å². The van der Waals surface area contributed by atoms with Crippen molar-refractivity contribution in [1.82, 2.24) is 0 Å². The topological polar surface area (TPSA) is 26.3 Å². The summed E-state index contributed by atoms with van der Waals surface area (Å²) >= 11 is 0. The fraction of sp³-hybridized carbons (Fsp3) is 0.560. The van der Waals surface area contributed by atoms with Crippen molar-refractivity contribution >= 4 is 32.5 Å². The monoisotopic (exact) mass is 412 g/mol. The van der Waals surface area contributed by atoms with E-state index in [-0.39, 0.29) is 0 Å². The average molecular weight is 412 g/mol. The molecule has 4 heteroatoms. The van der Waals surface area contributed by atoms with Crippen LogP contribution in [-0.4, -0.2) is 39.4 Å². The summed E-state index contributed by atoms with van der Waals surface area (Å²) < 4.78 is 4.61. The van der Waals surface area contributed by atoms with Gasteiger partial charge in [-0.2, -0.15) is 0 Å². The quantitative estimate of drug-likeness (QED) is 0.224. The Morgan fingerprint density at radius 3 is 1.90 bits per heavy atom. The van der Waals surface area contributed by atoms with Crippen molar-refractivity contribution in [1.29, 1.82) is 0 Å². The number of methoxy groups -OCH3 is 1. The summed E-state index contributed by atoms with van der Waals surface area (Å²) in [7, 11) is 7.52. The molecule has 0 spiro atoms. The predicted octanol–water partition coefficient (Wildman–Crippen LogP) is 7.09. The summed E-state index contributed by atoms with van der Waals surface area (Å²) in [4.78, 5) is 11.3. The first-order chi connectivity index (χ1) is 14.1. The lowest BCUT2D eigenvalue weighted by molar-refractivity contribution is -0.140. The molecule has 0 saturated heterocycles. The van der Waals surface area contributed by atoms with Crippen LogP contribution in [0.3, 0.4) is 0 Å². The van der Waals surface area contributed by atoms with Gasteiger partial charge in [0, 0.05) is 5.82 Å². The van der Waals surface area contributed by atoms with Gasteiger partial charge in [0.1, 0.15) is 0 Å². The molecule has 2 nitrogen and oxygen atoms in total. The van der Waals surface area contributed by atoms with Crippen molar-refractivity contribution in [2.75, 3.05) is 25.6 Å². The van der Waals surface area contributed by atoms with E-state index < -0.39 is 11.8 Å². The van der Waals surface area contributed by atoms with E-state index >= 15 is 0 Å². The molecular formula is C25H38BO2P. The third-order valence-corrected chi connectivity index (χ3v) is 7.92. The van der Waals surface area contributed by atoms with Crippen LogP contribution in [0, 0.1) is 0 Å². The Balaban J connectivity index is 0.000000298. The maximum Gasteiger partial charge on any atom is 0.304 e. The normalized spacial score (nSPS) is 11.8. The van der Waals surface area contributed by atoms with E-state index in [0.29, 0.717) is 7.92 Å². The highest BCUT2D eigenvalue weighted by Gasteiger charge is 2.14. The number of benzene rings is 2. The average Bonchev–Trinajstić information content (AvgIpc) is 2.77. The van der Waals surface area contributed by atoms with Gasteiger partial charge in [0.25, 0.3) is 0 Å².